The van der Waals surface area contributed by atoms with E-state index in [4.69, 9.17) is 9.47 Å². The van der Waals surface area contributed by atoms with Crippen LogP contribution in [-0.2, 0) is 19.1 Å². The number of likely N-dealkylation sites (tertiary alicyclic amines) is 1. The molecular formula is C16H26N2O5. The van der Waals surface area contributed by atoms with Crippen LogP contribution in [0.4, 0.5) is 0 Å². The molecule has 0 spiro atoms. The van der Waals surface area contributed by atoms with Crippen LogP contribution < -0.4 is 0 Å². The molecule has 7 heteroatoms. The lowest BCUT2D eigenvalue weighted by Gasteiger charge is -2.36. The van der Waals surface area contributed by atoms with Crippen molar-refractivity contribution in [3.8, 4) is 0 Å². The van der Waals surface area contributed by atoms with Gasteiger partial charge in [-0.25, -0.2) is 0 Å². The molecule has 0 aromatic carbocycles. The third-order valence-corrected chi connectivity index (χ3v) is 5.39. The summed E-state index contributed by atoms with van der Waals surface area (Å²) in [6.45, 7) is 9.04. The van der Waals surface area contributed by atoms with Crippen molar-refractivity contribution in [2.45, 2.75) is 13.8 Å². The molecule has 3 heterocycles. The maximum atomic E-state index is 13.0. The Bertz CT molecular complexity index is 489. The van der Waals surface area contributed by atoms with E-state index < -0.39 is 16.8 Å². The van der Waals surface area contributed by atoms with Crippen LogP contribution >= 0.6 is 0 Å². The van der Waals surface area contributed by atoms with Crippen LogP contribution in [0.25, 0.3) is 0 Å². The van der Waals surface area contributed by atoms with Crippen LogP contribution in [0.2, 0.25) is 0 Å². The summed E-state index contributed by atoms with van der Waals surface area (Å²) in [4.78, 5) is 28.7. The Morgan fingerprint density at radius 2 is 1.96 bits per heavy atom. The molecule has 3 aliphatic heterocycles. The highest BCUT2D eigenvalue weighted by atomic mass is 16.5. The smallest absolute Gasteiger partial charge is 0.314 e. The standard InChI is InChI=1S/C16H26N2O5/c1-15(2,9-17-3-5-22-6-4-17)13(19)18-7-12-8-23-11-16(12,10-18)14(20)21/h12H,3-11H2,1-2H3,(H,20,21)/t12-,16-/m1/s1. The first-order valence-corrected chi connectivity index (χ1v) is 8.26. The molecule has 3 saturated heterocycles. The molecule has 2 atom stereocenters. The first-order chi connectivity index (χ1) is 10.8. The zero-order chi connectivity index (χ0) is 16.7. The number of hydrogen-bond donors (Lipinski definition) is 1. The topological polar surface area (TPSA) is 79.3 Å². The number of amides is 1. The molecule has 0 aromatic heterocycles. The Kier molecular flexibility index (Phi) is 4.37. The lowest BCUT2D eigenvalue weighted by molar-refractivity contribution is -0.150. The Labute approximate surface area is 136 Å². The second-order valence-corrected chi connectivity index (χ2v) is 7.63. The van der Waals surface area contributed by atoms with Gasteiger partial charge in [0.25, 0.3) is 0 Å². The first kappa shape index (κ1) is 16.7. The molecule has 0 radical (unpaired) electrons. The quantitative estimate of drug-likeness (QED) is 0.777. The summed E-state index contributed by atoms with van der Waals surface area (Å²) in [5.74, 6) is -0.900. The van der Waals surface area contributed by atoms with Gasteiger partial charge in [0.05, 0.1) is 31.8 Å². The third-order valence-electron chi connectivity index (χ3n) is 5.39. The highest BCUT2D eigenvalue weighted by molar-refractivity contribution is 5.85. The number of fused-ring (bicyclic) bond motifs is 1. The second-order valence-electron chi connectivity index (χ2n) is 7.63. The van der Waals surface area contributed by atoms with Crippen molar-refractivity contribution in [2.75, 3.05) is 59.2 Å². The second kappa shape index (κ2) is 6.03. The van der Waals surface area contributed by atoms with Crippen LogP contribution in [-0.4, -0.2) is 85.9 Å². The zero-order valence-electron chi connectivity index (χ0n) is 13.9. The van der Waals surface area contributed by atoms with Gasteiger partial charge in [0, 0.05) is 38.6 Å². The molecule has 3 fully saturated rings. The van der Waals surface area contributed by atoms with Crippen molar-refractivity contribution in [1.29, 1.82) is 0 Å². The maximum Gasteiger partial charge on any atom is 0.314 e. The molecule has 3 rings (SSSR count). The van der Waals surface area contributed by atoms with Crippen molar-refractivity contribution < 1.29 is 24.2 Å². The molecule has 23 heavy (non-hydrogen) atoms. The average molecular weight is 326 g/mol. The van der Waals surface area contributed by atoms with Gasteiger partial charge < -0.3 is 19.5 Å². The number of aliphatic carboxylic acids is 1. The molecule has 7 nitrogen and oxygen atoms in total. The molecule has 0 saturated carbocycles. The predicted octanol–water partition coefficient (Wildman–Crippen LogP) is -0.0956. The molecule has 0 aliphatic carbocycles. The number of morpholine rings is 1. The van der Waals surface area contributed by atoms with E-state index in [0.29, 0.717) is 32.9 Å². The SMILES string of the molecule is CC(C)(CN1CCOCC1)C(=O)N1C[C@@H]2COC[C@]2(C(=O)O)C1. The van der Waals surface area contributed by atoms with Crippen molar-refractivity contribution in [2.24, 2.45) is 16.7 Å². The van der Waals surface area contributed by atoms with Crippen molar-refractivity contribution in [1.82, 2.24) is 9.80 Å². The van der Waals surface area contributed by atoms with Gasteiger partial charge in [-0.05, 0) is 13.8 Å². The van der Waals surface area contributed by atoms with Crippen LogP contribution in [0.15, 0.2) is 0 Å². The Morgan fingerprint density at radius 3 is 2.57 bits per heavy atom. The molecule has 0 aromatic rings. The fraction of sp³-hybridized carbons (Fsp3) is 0.875. The lowest BCUT2D eigenvalue weighted by Crippen LogP contribution is -2.50. The zero-order valence-corrected chi connectivity index (χ0v) is 13.9. The van der Waals surface area contributed by atoms with E-state index in [2.05, 4.69) is 4.90 Å². The number of nitrogens with zero attached hydrogens (tertiary/aromatic N) is 2. The van der Waals surface area contributed by atoms with E-state index >= 15 is 0 Å². The van der Waals surface area contributed by atoms with Crippen molar-refractivity contribution in [3.05, 3.63) is 0 Å². The number of ether oxygens (including phenoxy) is 2. The summed E-state index contributed by atoms with van der Waals surface area (Å²) < 4.78 is 10.7. The van der Waals surface area contributed by atoms with Crippen LogP contribution in [0, 0.1) is 16.7 Å². The van der Waals surface area contributed by atoms with Gasteiger partial charge in [-0.3, -0.25) is 14.5 Å². The highest BCUT2D eigenvalue weighted by Crippen LogP contribution is 2.42. The van der Waals surface area contributed by atoms with Crippen molar-refractivity contribution in [3.63, 3.8) is 0 Å². The Morgan fingerprint density at radius 1 is 1.26 bits per heavy atom. The fourth-order valence-corrected chi connectivity index (χ4v) is 4.01. The van der Waals surface area contributed by atoms with E-state index in [0.717, 1.165) is 13.1 Å². The number of hydrogen-bond acceptors (Lipinski definition) is 5. The molecule has 0 unspecified atom stereocenters. The molecule has 0 bridgehead atoms. The van der Waals surface area contributed by atoms with E-state index in [1.165, 1.54) is 0 Å². The number of carbonyl (C=O) groups excluding carboxylic acids is 1. The molecular weight excluding hydrogens is 300 g/mol. The molecule has 130 valence electrons. The number of carbonyl (C=O) groups is 2. The molecule has 1 amide bonds. The summed E-state index contributed by atoms with van der Waals surface area (Å²) >= 11 is 0. The van der Waals surface area contributed by atoms with Gasteiger partial charge in [0.1, 0.15) is 5.41 Å². The summed E-state index contributed by atoms with van der Waals surface area (Å²) in [6, 6.07) is 0. The largest absolute Gasteiger partial charge is 0.481 e. The maximum absolute atomic E-state index is 13.0. The van der Waals surface area contributed by atoms with E-state index in [9.17, 15) is 14.7 Å². The summed E-state index contributed by atoms with van der Waals surface area (Å²) in [5, 5.41) is 9.60. The lowest BCUT2D eigenvalue weighted by atomic mass is 9.81. The van der Waals surface area contributed by atoms with Crippen LogP contribution in [0.3, 0.4) is 0 Å². The van der Waals surface area contributed by atoms with Crippen LogP contribution in [0.1, 0.15) is 13.8 Å². The van der Waals surface area contributed by atoms with Crippen molar-refractivity contribution >= 4 is 11.9 Å². The van der Waals surface area contributed by atoms with Gasteiger partial charge in [0.2, 0.25) is 5.91 Å². The summed E-state index contributed by atoms with van der Waals surface area (Å²) in [6.07, 6.45) is 0. The third kappa shape index (κ3) is 2.97. The van der Waals surface area contributed by atoms with Crippen LogP contribution in [0.5, 0.6) is 0 Å². The fourth-order valence-electron chi connectivity index (χ4n) is 4.01. The Hall–Kier alpha value is -1.18. The summed E-state index contributed by atoms with van der Waals surface area (Å²) in [7, 11) is 0. The minimum atomic E-state index is -0.912. The van der Waals surface area contributed by atoms with Gasteiger partial charge in [-0.2, -0.15) is 0 Å². The number of rotatable bonds is 4. The van der Waals surface area contributed by atoms with Gasteiger partial charge in [-0.15, -0.1) is 0 Å². The molecule has 1 N–H and O–H groups in total. The summed E-state index contributed by atoms with van der Waals surface area (Å²) in [5.41, 5.74) is -1.44. The minimum Gasteiger partial charge on any atom is -0.481 e. The Balaban J connectivity index is 1.67. The average Bonchev–Trinajstić information content (AvgIpc) is 3.04. The van der Waals surface area contributed by atoms with Gasteiger partial charge in [0.15, 0.2) is 0 Å². The normalized spacial score (nSPS) is 32.1. The first-order valence-electron chi connectivity index (χ1n) is 8.26. The van der Waals surface area contributed by atoms with E-state index in [1.54, 1.807) is 4.90 Å². The van der Waals surface area contributed by atoms with Gasteiger partial charge in [-0.1, -0.05) is 0 Å². The number of carboxylic acids is 1. The van der Waals surface area contributed by atoms with E-state index in [-0.39, 0.29) is 25.0 Å². The predicted molar refractivity (Wildman–Crippen MR) is 82.0 cm³/mol. The monoisotopic (exact) mass is 326 g/mol. The van der Waals surface area contributed by atoms with Gasteiger partial charge >= 0.3 is 5.97 Å². The van der Waals surface area contributed by atoms with E-state index in [1.807, 2.05) is 13.8 Å². The minimum absolute atomic E-state index is 0.0408. The highest BCUT2D eigenvalue weighted by Gasteiger charge is 2.58. The number of carboxylic acid groups (broad SMARTS) is 1. The molecule has 3 aliphatic rings.